The molecule has 0 bridgehead atoms. The Labute approximate surface area is 169 Å². The Morgan fingerprint density at radius 2 is 1.71 bits per heavy atom. The maximum Gasteiger partial charge on any atom is 0.254 e. The van der Waals surface area contributed by atoms with Crippen molar-refractivity contribution in [1.82, 2.24) is 4.90 Å². The van der Waals surface area contributed by atoms with E-state index in [-0.39, 0.29) is 5.91 Å². The molecule has 146 valence electrons. The molecule has 1 amide bonds. The van der Waals surface area contributed by atoms with E-state index in [4.69, 9.17) is 20.4 Å². The van der Waals surface area contributed by atoms with E-state index in [1.54, 1.807) is 35.4 Å². The molecule has 28 heavy (non-hydrogen) atoms. The Morgan fingerprint density at radius 3 is 2.43 bits per heavy atom. The second kappa shape index (κ2) is 8.57. The standard InChI is InChI=1S/C22H23ClN2O3/c23-18-8-6-17(7-9-18)22(26)25(15-19-5-4-14-27-19)16-20-10-11-21(28-20)24-12-2-1-3-13-24/h4-11,14H,1-3,12-13,15-16H2. The monoisotopic (exact) mass is 398 g/mol. The fraction of sp³-hybridized carbons (Fsp3) is 0.318. The minimum absolute atomic E-state index is 0.0935. The number of carbonyl (C=O) groups is 1. The van der Waals surface area contributed by atoms with E-state index in [0.717, 1.165) is 30.5 Å². The number of hydrogen-bond donors (Lipinski definition) is 0. The molecule has 0 N–H and O–H groups in total. The van der Waals surface area contributed by atoms with Gasteiger partial charge in [-0.3, -0.25) is 4.79 Å². The first kappa shape index (κ1) is 18.7. The van der Waals surface area contributed by atoms with E-state index in [0.29, 0.717) is 23.7 Å². The van der Waals surface area contributed by atoms with Gasteiger partial charge in [-0.2, -0.15) is 0 Å². The maximum absolute atomic E-state index is 13.1. The molecule has 1 fully saturated rings. The van der Waals surface area contributed by atoms with E-state index >= 15 is 0 Å². The van der Waals surface area contributed by atoms with Crippen LogP contribution in [0.4, 0.5) is 5.88 Å². The van der Waals surface area contributed by atoms with Gasteiger partial charge in [-0.05, 0) is 61.7 Å². The SMILES string of the molecule is O=C(c1ccc(Cl)cc1)N(Cc1ccco1)Cc1ccc(N2CCCCC2)o1. The number of amides is 1. The average Bonchev–Trinajstić information content (AvgIpc) is 3.40. The number of piperidine rings is 1. The molecule has 1 aromatic carbocycles. The molecule has 0 spiro atoms. The zero-order valence-corrected chi connectivity index (χ0v) is 16.4. The van der Waals surface area contributed by atoms with Crippen LogP contribution in [0.2, 0.25) is 5.02 Å². The molecule has 0 radical (unpaired) electrons. The van der Waals surface area contributed by atoms with Crippen LogP contribution < -0.4 is 4.90 Å². The van der Waals surface area contributed by atoms with E-state index in [2.05, 4.69) is 4.90 Å². The minimum Gasteiger partial charge on any atom is -0.467 e. The van der Waals surface area contributed by atoms with Crippen LogP contribution >= 0.6 is 11.6 Å². The molecular weight excluding hydrogens is 376 g/mol. The molecule has 1 aliphatic rings. The molecular formula is C22H23ClN2O3. The van der Waals surface area contributed by atoms with Crippen LogP contribution in [0.3, 0.4) is 0 Å². The number of hydrogen-bond acceptors (Lipinski definition) is 4. The van der Waals surface area contributed by atoms with Crippen LogP contribution in [-0.2, 0) is 13.1 Å². The number of furan rings is 2. The van der Waals surface area contributed by atoms with E-state index in [1.807, 2.05) is 24.3 Å². The number of nitrogens with zero attached hydrogens (tertiary/aromatic N) is 2. The van der Waals surface area contributed by atoms with E-state index in [9.17, 15) is 4.79 Å². The van der Waals surface area contributed by atoms with Crippen molar-refractivity contribution in [2.45, 2.75) is 32.4 Å². The van der Waals surface area contributed by atoms with Crippen molar-refractivity contribution in [1.29, 1.82) is 0 Å². The highest BCUT2D eigenvalue weighted by atomic mass is 35.5. The molecule has 1 saturated heterocycles. The van der Waals surface area contributed by atoms with Crippen LogP contribution in [0.25, 0.3) is 0 Å². The third-order valence-corrected chi connectivity index (χ3v) is 5.22. The van der Waals surface area contributed by atoms with Gasteiger partial charge in [-0.15, -0.1) is 0 Å². The number of halogens is 1. The van der Waals surface area contributed by atoms with E-state index in [1.165, 1.54) is 19.3 Å². The molecule has 0 atom stereocenters. The van der Waals surface area contributed by atoms with Crippen molar-refractivity contribution in [3.05, 3.63) is 76.9 Å². The lowest BCUT2D eigenvalue weighted by Crippen LogP contribution is -2.30. The van der Waals surface area contributed by atoms with Crippen LogP contribution in [0.1, 0.15) is 41.1 Å². The highest BCUT2D eigenvalue weighted by Crippen LogP contribution is 2.24. The lowest BCUT2D eigenvalue weighted by molar-refractivity contribution is 0.0705. The Kier molecular flexibility index (Phi) is 5.72. The van der Waals surface area contributed by atoms with Crippen LogP contribution in [0.15, 0.2) is 63.6 Å². The second-order valence-corrected chi connectivity index (χ2v) is 7.47. The Morgan fingerprint density at radius 1 is 0.964 bits per heavy atom. The number of benzene rings is 1. The molecule has 3 aromatic rings. The topological polar surface area (TPSA) is 49.8 Å². The summed E-state index contributed by atoms with van der Waals surface area (Å²) in [6.07, 6.45) is 5.27. The third kappa shape index (κ3) is 4.42. The average molecular weight is 399 g/mol. The summed E-state index contributed by atoms with van der Waals surface area (Å²) in [5.41, 5.74) is 0.582. The van der Waals surface area contributed by atoms with Gasteiger partial charge in [0.15, 0.2) is 5.88 Å². The molecule has 3 heterocycles. The van der Waals surface area contributed by atoms with Gasteiger partial charge in [-0.25, -0.2) is 0 Å². The highest BCUT2D eigenvalue weighted by Gasteiger charge is 2.21. The van der Waals surface area contributed by atoms with Gasteiger partial charge in [0.05, 0.1) is 19.4 Å². The Bertz CT molecular complexity index is 896. The normalized spacial score (nSPS) is 14.2. The summed E-state index contributed by atoms with van der Waals surface area (Å²) in [6.45, 7) is 2.78. The van der Waals surface area contributed by atoms with Gasteiger partial charge in [0.25, 0.3) is 5.91 Å². The number of carbonyl (C=O) groups excluding carboxylic acids is 1. The zero-order chi connectivity index (χ0) is 19.3. The van der Waals surface area contributed by atoms with Gasteiger partial charge in [0, 0.05) is 29.7 Å². The molecule has 4 rings (SSSR count). The molecule has 2 aromatic heterocycles. The first-order chi connectivity index (χ1) is 13.7. The largest absolute Gasteiger partial charge is 0.467 e. The fourth-order valence-electron chi connectivity index (χ4n) is 3.49. The number of anilines is 1. The molecule has 0 aliphatic carbocycles. The van der Waals surface area contributed by atoms with Crippen LogP contribution in [0.5, 0.6) is 0 Å². The van der Waals surface area contributed by atoms with Gasteiger partial charge < -0.3 is 18.6 Å². The lowest BCUT2D eigenvalue weighted by Gasteiger charge is -2.26. The van der Waals surface area contributed by atoms with Gasteiger partial charge in [0.1, 0.15) is 11.5 Å². The predicted molar refractivity (Wildman–Crippen MR) is 109 cm³/mol. The summed E-state index contributed by atoms with van der Waals surface area (Å²) in [5.74, 6) is 2.27. The summed E-state index contributed by atoms with van der Waals surface area (Å²) in [4.78, 5) is 17.1. The first-order valence-corrected chi connectivity index (χ1v) is 9.98. The van der Waals surface area contributed by atoms with Crippen molar-refractivity contribution in [2.24, 2.45) is 0 Å². The fourth-order valence-corrected chi connectivity index (χ4v) is 3.62. The molecule has 6 heteroatoms. The van der Waals surface area contributed by atoms with Crippen molar-refractivity contribution in [3.8, 4) is 0 Å². The highest BCUT2D eigenvalue weighted by molar-refractivity contribution is 6.30. The first-order valence-electron chi connectivity index (χ1n) is 9.60. The summed E-state index contributed by atoms with van der Waals surface area (Å²) in [7, 11) is 0. The van der Waals surface area contributed by atoms with Crippen LogP contribution in [-0.4, -0.2) is 23.9 Å². The number of rotatable bonds is 6. The predicted octanol–water partition coefficient (Wildman–Crippen LogP) is 5.36. The second-order valence-electron chi connectivity index (χ2n) is 7.04. The zero-order valence-electron chi connectivity index (χ0n) is 15.6. The quantitative estimate of drug-likeness (QED) is 0.561. The molecule has 0 saturated carbocycles. The summed E-state index contributed by atoms with van der Waals surface area (Å²) >= 11 is 5.96. The van der Waals surface area contributed by atoms with Crippen molar-refractivity contribution in [3.63, 3.8) is 0 Å². The minimum atomic E-state index is -0.0935. The van der Waals surface area contributed by atoms with Crippen molar-refractivity contribution >= 4 is 23.4 Å². The smallest absolute Gasteiger partial charge is 0.254 e. The Balaban J connectivity index is 1.52. The van der Waals surface area contributed by atoms with Gasteiger partial charge >= 0.3 is 0 Å². The lowest BCUT2D eigenvalue weighted by atomic mass is 10.1. The summed E-state index contributed by atoms with van der Waals surface area (Å²) in [6, 6.07) is 14.6. The van der Waals surface area contributed by atoms with Crippen LogP contribution in [0, 0.1) is 0 Å². The third-order valence-electron chi connectivity index (χ3n) is 4.97. The molecule has 5 nitrogen and oxygen atoms in total. The van der Waals surface area contributed by atoms with Gasteiger partial charge in [-0.1, -0.05) is 11.6 Å². The van der Waals surface area contributed by atoms with Gasteiger partial charge in [0.2, 0.25) is 0 Å². The van der Waals surface area contributed by atoms with Crippen molar-refractivity contribution in [2.75, 3.05) is 18.0 Å². The van der Waals surface area contributed by atoms with Crippen molar-refractivity contribution < 1.29 is 13.6 Å². The Hall–Kier alpha value is -2.66. The molecule has 0 unspecified atom stereocenters. The summed E-state index contributed by atoms with van der Waals surface area (Å²) in [5, 5.41) is 0.603. The maximum atomic E-state index is 13.1. The summed E-state index contributed by atoms with van der Waals surface area (Å²) < 4.78 is 11.5. The molecule has 1 aliphatic heterocycles. The van der Waals surface area contributed by atoms with E-state index < -0.39 is 0 Å².